The van der Waals surface area contributed by atoms with E-state index in [0.29, 0.717) is 6.61 Å². The molecule has 0 radical (unpaired) electrons. The molecule has 1 aromatic carbocycles. The average molecular weight is 334 g/mol. The van der Waals surface area contributed by atoms with Crippen molar-refractivity contribution in [3.8, 4) is 5.75 Å². The first-order valence-corrected chi connectivity index (χ1v) is 8.83. The molecule has 2 saturated heterocycles. The quantitative estimate of drug-likeness (QED) is 0.913. The molecule has 1 N–H and O–H groups in total. The SMILES string of the molecule is COc1cc(C)c(CN2CCO[C@@]3(CNCCOC3)C2)c(C)c1C. The van der Waals surface area contributed by atoms with Crippen LogP contribution >= 0.6 is 0 Å². The highest BCUT2D eigenvalue weighted by molar-refractivity contribution is 5.48. The van der Waals surface area contributed by atoms with Crippen LogP contribution in [0.4, 0.5) is 0 Å². The van der Waals surface area contributed by atoms with Crippen molar-refractivity contribution in [2.45, 2.75) is 32.9 Å². The molecule has 0 aromatic heterocycles. The third-order valence-corrected chi connectivity index (χ3v) is 5.37. The summed E-state index contributed by atoms with van der Waals surface area (Å²) in [6, 6.07) is 2.16. The zero-order valence-electron chi connectivity index (χ0n) is 15.4. The van der Waals surface area contributed by atoms with Gasteiger partial charge in [0.25, 0.3) is 0 Å². The summed E-state index contributed by atoms with van der Waals surface area (Å²) in [5.41, 5.74) is 5.07. The van der Waals surface area contributed by atoms with Crippen molar-refractivity contribution < 1.29 is 14.2 Å². The molecule has 0 bridgehead atoms. The summed E-state index contributed by atoms with van der Waals surface area (Å²) in [6.45, 7) is 13.3. The van der Waals surface area contributed by atoms with Gasteiger partial charge in [-0.15, -0.1) is 0 Å². The molecular weight excluding hydrogens is 304 g/mol. The van der Waals surface area contributed by atoms with Gasteiger partial charge in [-0.1, -0.05) is 0 Å². The van der Waals surface area contributed by atoms with Gasteiger partial charge in [-0.2, -0.15) is 0 Å². The van der Waals surface area contributed by atoms with Crippen LogP contribution in [0.25, 0.3) is 0 Å². The Morgan fingerprint density at radius 2 is 2.08 bits per heavy atom. The average Bonchev–Trinajstić information content (AvgIpc) is 2.80. The van der Waals surface area contributed by atoms with Gasteiger partial charge >= 0.3 is 0 Å². The van der Waals surface area contributed by atoms with Gasteiger partial charge in [-0.25, -0.2) is 0 Å². The van der Waals surface area contributed by atoms with E-state index in [9.17, 15) is 0 Å². The molecule has 0 saturated carbocycles. The maximum absolute atomic E-state index is 6.13. The van der Waals surface area contributed by atoms with Crippen LogP contribution in [0, 0.1) is 20.8 Å². The highest BCUT2D eigenvalue weighted by atomic mass is 16.5. The molecule has 5 nitrogen and oxygen atoms in total. The first kappa shape index (κ1) is 17.7. The van der Waals surface area contributed by atoms with E-state index in [1.807, 2.05) is 0 Å². The molecule has 3 rings (SSSR count). The van der Waals surface area contributed by atoms with Crippen molar-refractivity contribution >= 4 is 0 Å². The van der Waals surface area contributed by atoms with E-state index in [-0.39, 0.29) is 5.60 Å². The Balaban J connectivity index is 1.77. The number of nitrogens with zero attached hydrogens (tertiary/aromatic N) is 1. The van der Waals surface area contributed by atoms with Crippen LogP contribution in [0.2, 0.25) is 0 Å². The van der Waals surface area contributed by atoms with Crippen molar-refractivity contribution in [3.05, 3.63) is 28.3 Å². The van der Waals surface area contributed by atoms with Crippen LogP contribution in [0.3, 0.4) is 0 Å². The Morgan fingerprint density at radius 3 is 2.88 bits per heavy atom. The van der Waals surface area contributed by atoms with Crippen LogP contribution < -0.4 is 10.1 Å². The van der Waals surface area contributed by atoms with E-state index in [2.05, 4.69) is 37.1 Å². The van der Waals surface area contributed by atoms with Crippen molar-refractivity contribution in [1.82, 2.24) is 10.2 Å². The minimum atomic E-state index is -0.210. The topological polar surface area (TPSA) is 43.0 Å². The Hall–Kier alpha value is -1.14. The third kappa shape index (κ3) is 3.59. The van der Waals surface area contributed by atoms with E-state index in [0.717, 1.165) is 51.7 Å². The van der Waals surface area contributed by atoms with E-state index in [4.69, 9.17) is 14.2 Å². The molecule has 2 aliphatic rings. The number of aryl methyl sites for hydroxylation is 1. The van der Waals surface area contributed by atoms with Gasteiger partial charge in [0.2, 0.25) is 0 Å². The van der Waals surface area contributed by atoms with E-state index in [1.165, 1.54) is 22.3 Å². The van der Waals surface area contributed by atoms with Gasteiger partial charge in [0.15, 0.2) is 0 Å². The standard InChI is InChI=1S/C19H30N2O3/c1-14-9-18(22-4)16(3)15(2)17(14)10-21-6-8-24-19(12-21)11-20-5-7-23-13-19/h9,20H,5-8,10-13H2,1-4H3/t19-/m0/s1. The van der Waals surface area contributed by atoms with Crippen LogP contribution in [0.15, 0.2) is 6.07 Å². The lowest BCUT2D eigenvalue weighted by atomic mass is 9.95. The number of rotatable bonds is 3. The second-order valence-electron chi connectivity index (χ2n) is 7.10. The lowest BCUT2D eigenvalue weighted by Crippen LogP contribution is -2.57. The minimum absolute atomic E-state index is 0.210. The fourth-order valence-corrected chi connectivity index (χ4v) is 3.80. The van der Waals surface area contributed by atoms with E-state index < -0.39 is 0 Å². The van der Waals surface area contributed by atoms with Gasteiger partial charge in [-0.05, 0) is 49.1 Å². The van der Waals surface area contributed by atoms with Crippen molar-refractivity contribution in [1.29, 1.82) is 0 Å². The lowest BCUT2D eigenvalue weighted by Gasteiger charge is -2.42. The van der Waals surface area contributed by atoms with Crippen LogP contribution in [-0.2, 0) is 16.0 Å². The van der Waals surface area contributed by atoms with Crippen LogP contribution in [0.1, 0.15) is 22.3 Å². The zero-order chi connectivity index (χ0) is 17.2. The summed E-state index contributed by atoms with van der Waals surface area (Å²) < 4.78 is 17.4. The molecule has 0 unspecified atom stereocenters. The number of morpholine rings is 1. The number of methoxy groups -OCH3 is 1. The largest absolute Gasteiger partial charge is 0.496 e. The highest BCUT2D eigenvalue weighted by Gasteiger charge is 2.38. The summed E-state index contributed by atoms with van der Waals surface area (Å²) in [4.78, 5) is 2.50. The number of hydrogen-bond donors (Lipinski definition) is 1. The molecule has 1 atom stereocenters. The number of hydrogen-bond acceptors (Lipinski definition) is 5. The molecule has 24 heavy (non-hydrogen) atoms. The molecular formula is C19H30N2O3. The minimum Gasteiger partial charge on any atom is -0.496 e. The maximum Gasteiger partial charge on any atom is 0.122 e. The zero-order valence-corrected chi connectivity index (χ0v) is 15.4. The second kappa shape index (κ2) is 7.40. The van der Waals surface area contributed by atoms with Gasteiger partial charge in [0.1, 0.15) is 11.4 Å². The Labute approximate surface area is 145 Å². The molecule has 134 valence electrons. The molecule has 0 aliphatic carbocycles. The first-order valence-electron chi connectivity index (χ1n) is 8.83. The first-order chi connectivity index (χ1) is 11.5. The number of nitrogens with one attached hydrogen (secondary N) is 1. The molecule has 0 amide bonds. The third-order valence-electron chi connectivity index (χ3n) is 5.37. The number of benzene rings is 1. The Bertz CT molecular complexity index is 580. The van der Waals surface area contributed by atoms with Crippen molar-refractivity contribution in [3.63, 3.8) is 0 Å². The maximum atomic E-state index is 6.13. The second-order valence-corrected chi connectivity index (χ2v) is 7.10. The predicted octanol–water partition coefficient (Wildman–Crippen LogP) is 1.81. The Morgan fingerprint density at radius 1 is 1.25 bits per heavy atom. The van der Waals surface area contributed by atoms with Crippen LogP contribution in [-0.4, -0.2) is 63.6 Å². The fourth-order valence-electron chi connectivity index (χ4n) is 3.80. The smallest absolute Gasteiger partial charge is 0.122 e. The summed E-state index contributed by atoms with van der Waals surface area (Å²) in [6.07, 6.45) is 0. The molecule has 2 fully saturated rings. The van der Waals surface area contributed by atoms with Crippen molar-refractivity contribution in [2.75, 3.05) is 53.1 Å². The van der Waals surface area contributed by atoms with Crippen molar-refractivity contribution in [2.24, 2.45) is 0 Å². The fraction of sp³-hybridized carbons (Fsp3) is 0.684. The van der Waals surface area contributed by atoms with Gasteiger partial charge in [-0.3, -0.25) is 4.90 Å². The summed E-state index contributed by atoms with van der Waals surface area (Å²) in [5, 5.41) is 3.45. The summed E-state index contributed by atoms with van der Waals surface area (Å²) in [7, 11) is 1.74. The Kier molecular flexibility index (Phi) is 5.45. The summed E-state index contributed by atoms with van der Waals surface area (Å²) >= 11 is 0. The molecule has 1 spiro atoms. The molecule has 2 aliphatic heterocycles. The van der Waals surface area contributed by atoms with Crippen LogP contribution in [0.5, 0.6) is 5.75 Å². The number of ether oxygens (including phenoxy) is 3. The highest BCUT2D eigenvalue weighted by Crippen LogP contribution is 2.29. The van der Waals surface area contributed by atoms with E-state index >= 15 is 0 Å². The monoisotopic (exact) mass is 334 g/mol. The lowest BCUT2D eigenvalue weighted by molar-refractivity contribution is -0.135. The summed E-state index contributed by atoms with van der Waals surface area (Å²) in [5.74, 6) is 0.980. The molecule has 5 heteroatoms. The van der Waals surface area contributed by atoms with Gasteiger partial charge in [0.05, 0.1) is 26.9 Å². The molecule has 1 aromatic rings. The molecule has 2 heterocycles. The predicted molar refractivity (Wildman–Crippen MR) is 94.9 cm³/mol. The van der Waals surface area contributed by atoms with E-state index in [1.54, 1.807) is 7.11 Å². The van der Waals surface area contributed by atoms with Gasteiger partial charge < -0.3 is 19.5 Å². The normalized spacial score (nSPS) is 25.7. The van der Waals surface area contributed by atoms with Gasteiger partial charge in [0, 0.05) is 32.7 Å².